The Morgan fingerprint density at radius 3 is 2.90 bits per heavy atom. The second-order valence-electron chi connectivity index (χ2n) is 5.68. The first-order chi connectivity index (χ1) is 9.79. The monoisotopic (exact) mass is 266 g/mol. The third-order valence-electron chi connectivity index (χ3n) is 4.05. The van der Waals surface area contributed by atoms with Crippen molar-refractivity contribution >= 4 is 5.65 Å². The minimum absolute atomic E-state index is 0.206. The fraction of sp³-hybridized carbons (Fsp3) is 0.312. The maximum absolute atomic E-state index is 6.24. The van der Waals surface area contributed by atoms with E-state index in [1.165, 1.54) is 18.4 Å². The fourth-order valence-corrected chi connectivity index (χ4v) is 2.73. The molecule has 0 aromatic carbocycles. The normalized spacial score (nSPS) is 16.6. The highest BCUT2D eigenvalue weighted by atomic mass is 15.0. The van der Waals surface area contributed by atoms with Gasteiger partial charge in [0.15, 0.2) is 0 Å². The summed E-state index contributed by atoms with van der Waals surface area (Å²) in [6.07, 6.45) is 10.9. The highest BCUT2D eigenvalue weighted by Crippen LogP contribution is 2.39. The summed E-state index contributed by atoms with van der Waals surface area (Å²) in [4.78, 5) is 4.62. The average Bonchev–Trinajstić information content (AvgIpc) is 3.07. The molecule has 102 valence electrons. The van der Waals surface area contributed by atoms with Crippen LogP contribution in [0.1, 0.15) is 30.1 Å². The smallest absolute Gasteiger partial charge is 0.137 e. The van der Waals surface area contributed by atoms with E-state index in [1.54, 1.807) is 0 Å². The van der Waals surface area contributed by atoms with Crippen molar-refractivity contribution in [2.24, 2.45) is 11.7 Å². The van der Waals surface area contributed by atoms with Crippen molar-refractivity contribution in [3.05, 3.63) is 60.3 Å². The first kappa shape index (κ1) is 11.7. The second-order valence-corrected chi connectivity index (χ2v) is 5.68. The molecular formula is C16H18N4. The highest BCUT2D eigenvalue weighted by Gasteiger charge is 2.29. The molecule has 1 saturated carbocycles. The van der Waals surface area contributed by atoms with E-state index in [2.05, 4.69) is 38.6 Å². The van der Waals surface area contributed by atoms with Crippen LogP contribution in [0.5, 0.6) is 0 Å². The average molecular weight is 266 g/mol. The van der Waals surface area contributed by atoms with E-state index < -0.39 is 0 Å². The van der Waals surface area contributed by atoms with Crippen LogP contribution in [0.2, 0.25) is 0 Å². The van der Waals surface area contributed by atoms with E-state index in [0.29, 0.717) is 5.92 Å². The molecule has 3 aromatic rings. The zero-order chi connectivity index (χ0) is 13.5. The van der Waals surface area contributed by atoms with Gasteiger partial charge in [0.2, 0.25) is 0 Å². The summed E-state index contributed by atoms with van der Waals surface area (Å²) in [5.74, 6) is 0.695. The topological polar surface area (TPSA) is 48.2 Å². The van der Waals surface area contributed by atoms with E-state index in [-0.39, 0.29) is 6.04 Å². The molecule has 0 bridgehead atoms. The van der Waals surface area contributed by atoms with Crippen molar-refractivity contribution in [2.75, 3.05) is 0 Å². The van der Waals surface area contributed by atoms with Crippen molar-refractivity contribution < 1.29 is 0 Å². The lowest BCUT2D eigenvalue weighted by atomic mass is 10.1. The lowest BCUT2D eigenvalue weighted by molar-refractivity contribution is 0.630. The Labute approximate surface area is 117 Å². The zero-order valence-electron chi connectivity index (χ0n) is 11.3. The molecule has 4 heteroatoms. The van der Waals surface area contributed by atoms with Gasteiger partial charge in [0.1, 0.15) is 5.65 Å². The first-order valence-corrected chi connectivity index (χ1v) is 7.13. The maximum Gasteiger partial charge on any atom is 0.137 e. The van der Waals surface area contributed by atoms with Crippen LogP contribution in [-0.2, 0) is 6.54 Å². The molecule has 3 heterocycles. The highest BCUT2D eigenvalue weighted by molar-refractivity contribution is 5.39. The van der Waals surface area contributed by atoms with Crippen molar-refractivity contribution in [1.82, 2.24) is 14.0 Å². The van der Waals surface area contributed by atoms with Crippen molar-refractivity contribution in [1.29, 1.82) is 0 Å². The molecule has 20 heavy (non-hydrogen) atoms. The molecule has 1 aliphatic carbocycles. The van der Waals surface area contributed by atoms with Crippen molar-refractivity contribution in [3.63, 3.8) is 0 Å². The van der Waals surface area contributed by atoms with Gasteiger partial charge >= 0.3 is 0 Å². The van der Waals surface area contributed by atoms with Gasteiger partial charge in [-0.3, -0.25) is 0 Å². The summed E-state index contributed by atoms with van der Waals surface area (Å²) >= 11 is 0. The molecule has 2 N–H and O–H groups in total. The summed E-state index contributed by atoms with van der Waals surface area (Å²) in [5, 5.41) is 0. The molecule has 1 atom stereocenters. The number of imidazole rings is 1. The minimum Gasteiger partial charge on any atom is -0.348 e. The Bertz CT molecular complexity index is 703. The standard InChI is InChI=1S/C16H18N4/c17-16(12-4-5-12)13-6-8-19(9-13)10-14-11-20-7-2-1-3-15(20)18-14/h1-3,6-9,11-12,16H,4-5,10,17H2. The van der Waals surface area contributed by atoms with Gasteiger partial charge in [-0.15, -0.1) is 0 Å². The molecule has 1 aliphatic rings. The van der Waals surface area contributed by atoms with Crippen LogP contribution in [0.3, 0.4) is 0 Å². The molecule has 1 fully saturated rings. The van der Waals surface area contributed by atoms with E-state index in [1.807, 2.05) is 24.4 Å². The minimum atomic E-state index is 0.206. The third kappa shape index (κ3) is 2.12. The fourth-order valence-electron chi connectivity index (χ4n) is 2.73. The summed E-state index contributed by atoms with van der Waals surface area (Å²) < 4.78 is 4.22. The van der Waals surface area contributed by atoms with Gasteiger partial charge < -0.3 is 14.7 Å². The molecule has 0 aliphatic heterocycles. The molecule has 0 amide bonds. The van der Waals surface area contributed by atoms with Crippen LogP contribution in [0.25, 0.3) is 5.65 Å². The van der Waals surface area contributed by atoms with Gasteiger partial charge in [-0.1, -0.05) is 6.07 Å². The Morgan fingerprint density at radius 2 is 2.10 bits per heavy atom. The summed E-state index contributed by atoms with van der Waals surface area (Å²) in [5.41, 5.74) is 9.54. The summed E-state index contributed by atoms with van der Waals surface area (Å²) in [6, 6.07) is 8.39. The van der Waals surface area contributed by atoms with Crippen molar-refractivity contribution in [3.8, 4) is 0 Å². The SMILES string of the molecule is NC(c1ccn(Cc2cn3ccccc3n2)c1)C1CC1. The largest absolute Gasteiger partial charge is 0.348 e. The number of hydrogen-bond donors (Lipinski definition) is 1. The third-order valence-corrected chi connectivity index (χ3v) is 4.05. The van der Waals surface area contributed by atoms with E-state index in [0.717, 1.165) is 17.9 Å². The van der Waals surface area contributed by atoms with Gasteiger partial charge in [0.05, 0.1) is 12.2 Å². The molecule has 1 unspecified atom stereocenters. The van der Waals surface area contributed by atoms with Crippen LogP contribution >= 0.6 is 0 Å². The molecule has 3 aromatic heterocycles. The van der Waals surface area contributed by atoms with Crippen LogP contribution in [-0.4, -0.2) is 14.0 Å². The second kappa shape index (κ2) is 4.49. The molecule has 4 rings (SSSR count). The number of hydrogen-bond acceptors (Lipinski definition) is 2. The number of rotatable bonds is 4. The Morgan fingerprint density at radius 1 is 1.20 bits per heavy atom. The maximum atomic E-state index is 6.24. The van der Waals surface area contributed by atoms with E-state index in [9.17, 15) is 0 Å². The summed E-state index contributed by atoms with van der Waals surface area (Å²) in [6.45, 7) is 0.791. The predicted molar refractivity (Wildman–Crippen MR) is 78.4 cm³/mol. The van der Waals surface area contributed by atoms with Crippen LogP contribution in [0.4, 0.5) is 0 Å². The van der Waals surface area contributed by atoms with Crippen molar-refractivity contribution in [2.45, 2.75) is 25.4 Å². The molecule has 0 saturated heterocycles. The molecule has 4 nitrogen and oxygen atoms in total. The number of fused-ring (bicyclic) bond motifs is 1. The van der Waals surface area contributed by atoms with Gasteiger partial charge in [-0.25, -0.2) is 4.98 Å². The van der Waals surface area contributed by atoms with Gasteiger partial charge in [-0.05, 0) is 42.5 Å². The lowest BCUT2D eigenvalue weighted by Crippen LogP contribution is -2.11. The van der Waals surface area contributed by atoms with Gasteiger partial charge in [0, 0.05) is 30.8 Å². The van der Waals surface area contributed by atoms with E-state index >= 15 is 0 Å². The lowest BCUT2D eigenvalue weighted by Gasteiger charge is -2.07. The first-order valence-electron chi connectivity index (χ1n) is 7.13. The van der Waals surface area contributed by atoms with Crippen LogP contribution < -0.4 is 5.73 Å². The number of nitrogens with two attached hydrogens (primary N) is 1. The molecule has 0 spiro atoms. The van der Waals surface area contributed by atoms with Crippen LogP contribution in [0, 0.1) is 5.92 Å². The Balaban J connectivity index is 1.56. The molecular weight excluding hydrogens is 248 g/mol. The number of pyridine rings is 1. The predicted octanol–water partition coefficient (Wildman–Crippen LogP) is 2.59. The molecule has 0 radical (unpaired) electrons. The van der Waals surface area contributed by atoms with E-state index in [4.69, 9.17) is 5.73 Å². The Kier molecular flexibility index (Phi) is 2.63. The number of nitrogens with zero attached hydrogens (tertiary/aromatic N) is 3. The van der Waals surface area contributed by atoms with Crippen LogP contribution in [0.15, 0.2) is 49.1 Å². The Hall–Kier alpha value is -2.07. The number of aromatic nitrogens is 3. The quantitative estimate of drug-likeness (QED) is 0.789. The van der Waals surface area contributed by atoms with Gasteiger partial charge in [-0.2, -0.15) is 0 Å². The summed E-state index contributed by atoms with van der Waals surface area (Å²) in [7, 11) is 0. The van der Waals surface area contributed by atoms with Gasteiger partial charge in [0.25, 0.3) is 0 Å². The zero-order valence-corrected chi connectivity index (χ0v) is 11.3.